The molecule has 86 valence electrons. The van der Waals surface area contributed by atoms with Crippen molar-refractivity contribution in [2.24, 2.45) is 0 Å². The van der Waals surface area contributed by atoms with Crippen LogP contribution in [-0.4, -0.2) is 0 Å². The van der Waals surface area contributed by atoms with E-state index in [0.29, 0.717) is 0 Å². The van der Waals surface area contributed by atoms with Gasteiger partial charge in [-0.15, -0.1) is 0 Å². The number of hydrogen-bond donors (Lipinski definition) is 0. The van der Waals surface area contributed by atoms with Crippen LogP contribution in [0.2, 0.25) is 0 Å². The number of allylic oxidation sites excluding steroid dienone is 2. The summed E-state index contributed by atoms with van der Waals surface area (Å²) in [6, 6.07) is 8.69. The molecule has 1 aromatic rings. The summed E-state index contributed by atoms with van der Waals surface area (Å²) in [5.74, 6) is 0. The summed E-state index contributed by atoms with van der Waals surface area (Å²) in [4.78, 5) is 0. The Hall–Kier alpha value is -1.04. The fourth-order valence-electron chi connectivity index (χ4n) is 1.59. The summed E-state index contributed by atoms with van der Waals surface area (Å²) < 4.78 is 0. The Morgan fingerprint density at radius 1 is 0.933 bits per heavy atom. The standard InChI is InChI=1S/C11H12.C2H6.2CH4/c1-9-6-7-10-4-2-3-5-11(10)8-9;1-2;;/h2-6H,7-8H2,1H3;1-2H3;2*1H4. The largest absolute Gasteiger partial charge is 0.0809 e. The van der Waals surface area contributed by atoms with Gasteiger partial charge in [0, 0.05) is 0 Å². The van der Waals surface area contributed by atoms with E-state index in [4.69, 9.17) is 0 Å². The van der Waals surface area contributed by atoms with Crippen LogP contribution in [0.15, 0.2) is 35.9 Å². The van der Waals surface area contributed by atoms with E-state index >= 15 is 0 Å². The van der Waals surface area contributed by atoms with E-state index < -0.39 is 0 Å². The molecule has 0 aliphatic heterocycles. The van der Waals surface area contributed by atoms with E-state index in [2.05, 4.69) is 37.3 Å². The highest BCUT2D eigenvalue weighted by Gasteiger charge is 2.05. The predicted molar refractivity (Wildman–Crippen MR) is 72.4 cm³/mol. The first-order chi connectivity index (χ1) is 6.36. The second kappa shape index (κ2) is 8.28. The van der Waals surface area contributed by atoms with Crippen molar-refractivity contribution in [3.8, 4) is 0 Å². The van der Waals surface area contributed by atoms with Crippen LogP contribution >= 0.6 is 0 Å². The zero-order chi connectivity index (χ0) is 9.68. The van der Waals surface area contributed by atoms with E-state index in [-0.39, 0.29) is 14.9 Å². The molecule has 0 fully saturated rings. The van der Waals surface area contributed by atoms with Crippen molar-refractivity contribution in [2.45, 2.75) is 48.5 Å². The van der Waals surface area contributed by atoms with Crippen LogP contribution in [0, 0.1) is 0 Å². The molecule has 15 heavy (non-hydrogen) atoms. The van der Waals surface area contributed by atoms with Crippen molar-refractivity contribution in [3.05, 3.63) is 47.0 Å². The zero-order valence-electron chi connectivity index (χ0n) is 8.80. The fraction of sp³-hybridized carbons (Fsp3) is 0.467. The third-order valence-electron chi connectivity index (χ3n) is 2.26. The summed E-state index contributed by atoms with van der Waals surface area (Å²) in [5.41, 5.74) is 4.51. The average molecular weight is 206 g/mol. The molecular formula is C15H26. The molecule has 2 rings (SSSR count). The van der Waals surface area contributed by atoms with Crippen LogP contribution in [0.1, 0.15) is 46.8 Å². The zero-order valence-corrected chi connectivity index (χ0v) is 8.80. The number of benzene rings is 1. The number of rotatable bonds is 0. The van der Waals surface area contributed by atoms with Gasteiger partial charge in [0.1, 0.15) is 0 Å². The van der Waals surface area contributed by atoms with Crippen molar-refractivity contribution in [3.63, 3.8) is 0 Å². The van der Waals surface area contributed by atoms with Gasteiger partial charge in [0.2, 0.25) is 0 Å². The van der Waals surface area contributed by atoms with Gasteiger partial charge in [0.05, 0.1) is 0 Å². The highest BCUT2D eigenvalue weighted by atomic mass is 14.1. The molecule has 0 heterocycles. The van der Waals surface area contributed by atoms with Crippen LogP contribution in [0.25, 0.3) is 0 Å². The van der Waals surface area contributed by atoms with Gasteiger partial charge in [-0.3, -0.25) is 0 Å². The van der Waals surface area contributed by atoms with Crippen LogP contribution in [0.5, 0.6) is 0 Å². The topological polar surface area (TPSA) is 0 Å². The van der Waals surface area contributed by atoms with Gasteiger partial charge in [-0.1, -0.05) is 64.6 Å². The van der Waals surface area contributed by atoms with Crippen molar-refractivity contribution < 1.29 is 0 Å². The van der Waals surface area contributed by atoms with Gasteiger partial charge < -0.3 is 0 Å². The van der Waals surface area contributed by atoms with Crippen molar-refractivity contribution in [2.75, 3.05) is 0 Å². The van der Waals surface area contributed by atoms with Gasteiger partial charge in [-0.25, -0.2) is 0 Å². The van der Waals surface area contributed by atoms with E-state index in [1.165, 1.54) is 16.7 Å². The third kappa shape index (κ3) is 4.33. The molecule has 0 atom stereocenters. The minimum atomic E-state index is 0. The maximum atomic E-state index is 2.32. The molecule has 0 spiro atoms. The van der Waals surface area contributed by atoms with Crippen LogP contribution in [-0.2, 0) is 12.8 Å². The number of fused-ring (bicyclic) bond motifs is 1. The average Bonchev–Trinajstić information content (AvgIpc) is 2.21. The van der Waals surface area contributed by atoms with E-state index in [0.717, 1.165) is 12.8 Å². The summed E-state index contributed by atoms with van der Waals surface area (Å²) in [6.07, 6.45) is 4.60. The summed E-state index contributed by atoms with van der Waals surface area (Å²) in [7, 11) is 0. The van der Waals surface area contributed by atoms with Gasteiger partial charge >= 0.3 is 0 Å². The molecule has 0 saturated carbocycles. The molecule has 1 aliphatic rings. The third-order valence-corrected chi connectivity index (χ3v) is 2.26. The van der Waals surface area contributed by atoms with Gasteiger partial charge in [-0.05, 0) is 30.9 Å². The second-order valence-corrected chi connectivity index (χ2v) is 3.20. The summed E-state index contributed by atoms with van der Waals surface area (Å²) in [5, 5.41) is 0. The Balaban J connectivity index is 0. The van der Waals surface area contributed by atoms with Gasteiger partial charge in [0.15, 0.2) is 0 Å². The molecule has 0 heteroatoms. The fourth-order valence-corrected chi connectivity index (χ4v) is 1.59. The molecular weight excluding hydrogens is 180 g/mol. The molecule has 0 radical (unpaired) electrons. The van der Waals surface area contributed by atoms with Crippen LogP contribution < -0.4 is 0 Å². The molecule has 1 aliphatic carbocycles. The first-order valence-electron chi connectivity index (χ1n) is 5.08. The Labute approximate surface area is 96.0 Å². The maximum Gasteiger partial charge on any atom is -0.00669 e. The molecule has 0 bridgehead atoms. The van der Waals surface area contributed by atoms with Crippen molar-refractivity contribution in [1.29, 1.82) is 0 Å². The second-order valence-electron chi connectivity index (χ2n) is 3.20. The highest BCUT2D eigenvalue weighted by molar-refractivity contribution is 5.35. The van der Waals surface area contributed by atoms with E-state index in [1.54, 1.807) is 0 Å². The molecule has 0 nitrogen and oxygen atoms in total. The first-order valence-corrected chi connectivity index (χ1v) is 5.08. The summed E-state index contributed by atoms with van der Waals surface area (Å²) >= 11 is 0. The van der Waals surface area contributed by atoms with Gasteiger partial charge in [-0.2, -0.15) is 0 Å². The minimum absolute atomic E-state index is 0. The lowest BCUT2D eigenvalue weighted by molar-refractivity contribution is 1.02. The smallest absolute Gasteiger partial charge is 0.00669 e. The molecule has 0 unspecified atom stereocenters. The van der Waals surface area contributed by atoms with Gasteiger partial charge in [0.25, 0.3) is 0 Å². The first kappa shape index (κ1) is 16.4. The molecule has 1 aromatic carbocycles. The Morgan fingerprint density at radius 2 is 1.47 bits per heavy atom. The molecule has 0 amide bonds. The lowest BCUT2D eigenvalue weighted by Gasteiger charge is -2.13. The number of hydrogen-bond acceptors (Lipinski definition) is 0. The van der Waals surface area contributed by atoms with Crippen molar-refractivity contribution >= 4 is 0 Å². The lowest BCUT2D eigenvalue weighted by Crippen LogP contribution is -1.99. The van der Waals surface area contributed by atoms with E-state index in [1.807, 2.05) is 13.8 Å². The van der Waals surface area contributed by atoms with Crippen LogP contribution in [0.3, 0.4) is 0 Å². The maximum absolute atomic E-state index is 2.32. The van der Waals surface area contributed by atoms with Crippen molar-refractivity contribution in [1.82, 2.24) is 0 Å². The minimum Gasteiger partial charge on any atom is -0.0809 e. The monoisotopic (exact) mass is 206 g/mol. The van der Waals surface area contributed by atoms with E-state index in [9.17, 15) is 0 Å². The Bertz CT molecular complexity index is 295. The SMILES string of the molecule is C.C.CC.CC1=CCc2ccccc2C1. The molecule has 0 N–H and O–H groups in total. The quantitative estimate of drug-likeness (QED) is 0.522. The highest BCUT2D eigenvalue weighted by Crippen LogP contribution is 2.19. The normalized spacial score (nSPS) is 11.8. The Morgan fingerprint density at radius 3 is 2.07 bits per heavy atom. The van der Waals surface area contributed by atoms with Crippen LogP contribution in [0.4, 0.5) is 0 Å². The molecule has 0 saturated heterocycles. The molecule has 0 aromatic heterocycles. The predicted octanol–water partition coefficient (Wildman–Crippen LogP) is 5.03. The lowest BCUT2D eigenvalue weighted by atomic mass is 9.93. The summed E-state index contributed by atoms with van der Waals surface area (Å²) in [6.45, 7) is 6.20. The Kier molecular flexibility index (Phi) is 9.05.